The van der Waals surface area contributed by atoms with Crippen LogP contribution in [0.2, 0.25) is 0 Å². The Bertz CT molecular complexity index is 118. The van der Waals surface area contributed by atoms with Gasteiger partial charge in [0.15, 0.2) is 0 Å². The number of unbranched alkanes of at least 4 members (excludes halogenated alkanes) is 1. The Balaban J connectivity index is 2.86. The molecule has 0 unspecified atom stereocenters. The molecule has 0 aromatic rings. The largest absolute Gasteiger partial charge is 0.309 e. The van der Waals surface area contributed by atoms with Crippen LogP contribution in [-0.2, 0) is 0 Å². The molecule has 0 rings (SSSR count). The Morgan fingerprint density at radius 3 is 2.64 bits per heavy atom. The third-order valence-corrected chi connectivity index (χ3v) is 2.31. The first-order chi connectivity index (χ1) is 5.27. The summed E-state index contributed by atoms with van der Waals surface area (Å²) in [4.78, 5) is 2.18. The van der Waals surface area contributed by atoms with Gasteiger partial charge in [0.1, 0.15) is 0 Å². The SMILES string of the molecule is CN(C)CCSCCCC#N. The Morgan fingerprint density at radius 1 is 1.36 bits per heavy atom. The van der Waals surface area contributed by atoms with Gasteiger partial charge in [0.2, 0.25) is 0 Å². The number of hydrogen-bond donors (Lipinski definition) is 0. The van der Waals surface area contributed by atoms with Crippen LogP contribution in [0, 0.1) is 11.3 Å². The molecule has 0 saturated heterocycles. The van der Waals surface area contributed by atoms with Gasteiger partial charge in [-0.3, -0.25) is 0 Å². The molecule has 0 aliphatic carbocycles. The van der Waals surface area contributed by atoms with Crippen molar-refractivity contribution in [2.75, 3.05) is 32.1 Å². The molecule has 0 radical (unpaired) electrons. The highest BCUT2D eigenvalue weighted by Gasteiger charge is 1.90. The first-order valence-electron chi connectivity index (χ1n) is 3.87. The summed E-state index contributed by atoms with van der Waals surface area (Å²) in [5.41, 5.74) is 0. The number of rotatable bonds is 6. The number of nitrogens with zero attached hydrogens (tertiary/aromatic N) is 2. The lowest BCUT2D eigenvalue weighted by molar-refractivity contribution is 0.437. The molecule has 11 heavy (non-hydrogen) atoms. The highest BCUT2D eigenvalue weighted by atomic mass is 32.2. The summed E-state index contributed by atoms with van der Waals surface area (Å²) in [6.07, 6.45) is 1.74. The summed E-state index contributed by atoms with van der Waals surface area (Å²) in [6, 6.07) is 2.14. The van der Waals surface area contributed by atoms with Gasteiger partial charge in [0, 0.05) is 18.7 Å². The average molecular weight is 172 g/mol. The van der Waals surface area contributed by atoms with Crippen molar-refractivity contribution in [1.82, 2.24) is 4.90 Å². The molecular weight excluding hydrogens is 156 g/mol. The van der Waals surface area contributed by atoms with E-state index in [2.05, 4.69) is 25.1 Å². The second-order valence-electron chi connectivity index (χ2n) is 2.68. The van der Waals surface area contributed by atoms with E-state index >= 15 is 0 Å². The van der Waals surface area contributed by atoms with Crippen molar-refractivity contribution in [2.45, 2.75) is 12.8 Å². The van der Waals surface area contributed by atoms with Gasteiger partial charge in [-0.05, 0) is 26.3 Å². The minimum Gasteiger partial charge on any atom is -0.309 e. The van der Waals surface area contributed by atoms with E-state index in [1.165, 1.54) is 5.75 Å². The van der Waals surface area contributed by atoms with E-state index in [0.717, 1.165) is 18.7 Å². The topological polar surface area (TPSA) is 27.0 Å². The molecule has 0 aromatic carbocycles. The van der Waals surface area contributed by atoms with E-state index in [-0.39, 0.29) is 0 Å². The zero-order valence-corrected chi connectivity index (χ0v) is 8.15. The van der Waals surface area contributed by atoms with Gasteiger partial charge in [0.05, 0.1) is 6.07 Å². The lowest BCUT2D eigenvalue weighted by atomic mass is 10.4. The zero-order valence-electron chi connectivity index (χ0n) is 7.34. The highest BCUT2D eigenvalue weighted by Crippen LogP contribution is 2.03. The molecule has 0 atom stereocenters. The molecule has 0 aliphatic rings. The third-order valence-electron chi connectivity index (χ3n) is 1.26. The van der Waals surface area contributed by atoms with Gasteiger partial charge in [-0.2, -0.15) is 17.0 Å². The summed E-state index contributed by atoms with van der Waals surface area (Å²) in [5, 5.41) is 8.24. The first kappa shape index (κ1) is 10.8. The number of hydrogen-bond acceptors (Lipinski definition) is 3. The predicted octanol–water partition coefficient (Wildman–Crippen LogP) is 1.58. The predicted molar refractivity (Wildman–Crippen MR) is 50.7 cm³/mol. The standard InChI is InChI=1S/C8H16N2S/c1-10(2)6-8-11-7-4-3-5-9/h3-4,6-8H2,1-2H3. The van der Waals surface area contributed by atoms with E-state index in [1.54, 1.807) is 0 Å². The van der Waals surface area contributed by atoms with Crippen LogP contribution in [0.3, 0.4) is 0 Å². The summed E-state index contributed by atoms with van der Waals surface area (Å²) >= 11 is 1.93. The fourth-order valence-corrected chi connectivity index (χ4v) is 1.65. The smallest absolute Gasteiger partial charge is 0.0622 e. The average Bonchev–Trinajstić information content (AvgIpc) is 1.96. The van der Waals surface area contributed by atoms with Gasteiger partial charge in [-0.1, -0.05) is 0 Å². The van der Waals surface area contributed by atoms with Crippen molar-refractivity contribution >= 4 is 11.8 Å². The summed E-state index contributed by atoms with van der Waals surface area (Å²) in [5.74, 6) is 2.31. The normalized spacial score (nSPS) is 10.0. The van der Waals surface area contributed by atoms with Crippen molar-refractivity contribution in [2.24, 2.45) is 0 Å². The van der Waals surface area contributed by atoms with Crippen LogP contribution in [0.15, 0.2) is 0 Å². The van der Waals surface area contributed by atoms with Crippen LogP contribution < -0.4 is 0 Å². The minimum atomic E-state index is 0.703. The molecule has 0 fully saturated rings. The van der Waals surface area contributed by atoms with Gasteiger partial charge < -0.3 is 4.90 Å². The number of thioether (sulfide) groups is 1. The Hall–Kier alpha value is -0.200. The van der Waals surface area contributed by atoms with Crippen LogP contribution in [0.25, 0.3) is 0 Å². The van der Waals surface area contributed by atoms with Crippen molar-refractivity contribution in [3.8, 4) is 6.07 Å². The fraction of sp³-hybridized carbons (Fsp3) is 0.875. The summed E-state index contributed by atoms with van der Waals surface area (Å²) < 4.78 is 0. The van der Waals surface area contributed by atoms with Gasteiger partial charge in [-0.25, -0.2) is 0 Å². The lowest BCUT2D eigenvalue weighted by Crippen LogP contribution is -2.14. The fourth-order valence-electron chi connectivity index (χ4n) is 0.602. The minimum absolute atomic E-state index is 0.703. The van der Waals surface area contributed by atoms with Gasteiger partial charge >= 0.3 is 0 Å². The van der Waals surface area contributed by atoms with Crippen LogP contribution in [0.5, 0.6) is 0 Å². The molecule has 0 heterocycles. The molecular formula is C8H16N2S. The van der Waals surface area contributed by atoms with E-state index in [1.807, 2.05) is 11.8 Å². The van der Waals surface area contributed by atoms with E-state index in [0.29, 0.717) is 6.42 Å². The molecule has 2 nitrogen and oxygen atoms in total. The van der Waals surface area contributed by atoms with Crippen molar-refractivity contribution in [1.29, 1.82) is 5.26 Å². The second kappa shape index (κ2) is 7.90. The maximum absolute atomic E-state index is 8.24. The van der Waals surface area contributed by atoms with Gasteiger partial charge in [-0.15, -0.1) is 0 Å². The molecule has 0 amide bonds. The Morgan fingerprint density at radius 2 is 2.09 bits per heavy atom. The Kier molecular flexibility index (Phi) is 7.76. The molecule has 0 aromatic heterocycles. The van der Waals surface area contributed by atoms with E-state index in [4.69, 9.17) is 5.26 Å². The summed E-state index contributed by atoms with van der Waals surface area (Å²) in [7, 11) is 4.16. The molecule has 64 valence electrons. The van der Waals surface area contributed by atoms with Crippen LogP contribution in [0.1, 0.15) is 12.8 Å². The number of nitriles is 1. The van der Waals surface area contributed by atoms with Gasteiger partial charge in [0.25, 0.3) is 0 Å². The molecule has 0 aliphatic heterocycles. The van der Waals surface area contributed by atoms with Crippen molar-refractivity contribution < 1.29 is 0 Å². The van der Waals surface area contributed by atoms with Crippen LogP contribution in [0.4, 0.5) is 0 Å². The summed E-state index contributed by atoms with van der Waals surface area (Å²) in [6.45, 7) is 1.14. The zero-order chi connectivity index (χ0) is 8.53. The Labute approximate surface area is 73.6 Å². The lowest BCUT2D eigenvalue weighted by Gasteiger charge is -2.07. The van der Waals surface area contributed by atoms with Crippen LogP contribution in [-0.4, -0.2) is 37.0 Å². The molecule has 0 spiro atoms. The van der Waals surface area contributed by atoms with Crippen molar-refractivity contribution in [3.05, 3.63) is 0 Å². The van der Waals surface area contributed by atoms with Crippen molar-refractivity contribution in [3.63, 3.8) is 0 Å². The maximum atomic E-state index is 8.24. The first-order valence-corrected chi connectivity index (χ1v) is 5.02. The molecule has 0 saturated carbocycles. The monoisotopic (exact) mass is 172 g/mol. The molecule has 0 bridgehead atoms. The molecule has 3 heteroatoms. The highest BCUT2D eigenvalue weighted by molar-refractivity contribution is 7.99. The third kappa shape index (κ3) is 9.80. The second-order valence-corrected chi connectivity index (χ2v) is 3.90. The maximum Gasteiger partial charge on any atom is 0.0622 e. The quantitative estimate of drug-likeness (QED) is 0.569. The van der Waals surface area contributed by atoms with Crippen LogP contribution >= 0.6 is 11.8 Å². The van der Waals surface area contributed by atoms with E-state index < -0.39 is 0 Å². The van der Waals surface area contributed by atoms with E-state index in [9.17, 15) is 0 Å². The molecule has 0 N–H and O–H groups in total.